The fraction of sp³-hybridized carbons (Fsp3) is 0.312. The number of thiophene rings is 1. The van der Waals surface area contributed by atoms with Crippen molar-refractivity contribution in [1.29, 1.82) is 0 Å². The second kappa shape index (κ2) is 5.07. The normalized spacial score (nSPS) is 16.2. The van der Waals surface area contributed by atoms with Crippen molar-refractivity contribution >= 4 is 28.5 Å². The summed E-state index contributed by atoms with van der Waals surface area (Å²) >= 11 is 1.47. The molecule has 0 atom stereocenters. The van der Waals surface area contributed by atoms with Crippen LogP contribution in [0, 0.1) is 0 Å². The van der Waals surface area contributed by atoms with Crippen molar-refractivity contribution in [2.45, 2.75) is 19.4 Å². The summed E-state index contributed by atoms with van der Waals surface area (Å²) in [6.45, 7) is 4.98. The van der Waals surface area contributed by atoms with Crippen LogP contribution in [0.3, 0.4) is 0 Å². The minimum atomic E-state index is -0.351. The van der Waals surface area contributed by atoms with Crippen molar-refractivity contribution in [3.63, 3.8) is 0 Å². The first-order valence-electron chi connectivity index (χ1n) is 6.85. The number of ether oxygens (including phenoxy) is 1. The molecule has 0 saturated carbocycles. The number of hydrogen-bond donors (Lipinski definition) is 1. The lowest BCUT2D eigenvalue weighted by Gasteiger charge is -2.41. The van der Waals surface area contributed by atoms with Crippen molar-refractivity contribution in [2.24, 2.45) is 0 Å². The highest BCUT2D eigenvalue weighted by molar-refractivity contribution is 7.12. The van der Waals surface area contributed by atoms with E-state index in [0.717, 1.165) is 16.3 Å². The molecule has 0 unspecified atom stereocenters. The molecule has 0 fully saturated rings. The van der Waals surface area contributed by atoms with Crippen LogP contribution in [0.25, 0.3) is 0 Å². The van der Waals surface area contributed by atoms with Gasteiger partial charge >= 0.3 is 0 Å². The molecule has 2 heterocycles. The summed E-state index contributed by atoms with van der Waals surface area (Å²) in [4.78, 5) is 15.2. The molecule has 0 bridgehead atoms. The van der Waals surface area contributed by atoms with E-state index in [4.69, 9.17) is 10.5 Å². The molecule has 1 aromatic carbocycles. The topological polar surface area (TPSA) is 55.6 Å². The predicted molar refractivity (Wildman–Crippen MR) is 86.4 cm³/mol. The Morgan fingerprint density at radius 3 is 2.90 bits per heavy atom. The van der Waals surface area contributed by atoms with Gasteiger partial charge in [-0.15, -0.1) is 11.3 Å². The molecule has 2 aromatic rings. The lowest BCUT2D eigenvalue weighted by molar-refractivity contribution is 0.0944. The number of fused-ring (bicyclic) bond motifs is 1. The summed E-state index contributed by atoms with van der Waals surface area (Å²) in [5, 5.41) is 1.92. The van der Waals surface area contributed by atoms with E-state index in [1.807, 2.05) is 54.5 Å². The van der Waals surface area contributed by atoms with Gasteiger partial charge in [0.1, 0.15) is 17.0 Å². The summed E-state index contributed by atoms with van der Waals surface area (Å²) < 4.78 is 5.97. The van der Waals surface area contributed by atoms with Gasteiger partial charge in [0.2, 0.25) is 0 Å². The summed E-state index contributed by atoms with van der Waals surface area (Å²) in [6, 6.07) is 9.35. The summed E-state index contributed by atoms with van der Waals surface area (Å²) in [6.07, 6.45) is 0. The lowest BCUT2D eigenvalue weighted by Crippen LogP contribution is -2.48. The van der Waals surface area contributed by atoms with Gasteiger partial charge in [-0.1, -0.05) is 12.1 Å². The average Bonchev–Trinajstić information content (AvgIpc) is 2.90. The zero-order valence-corrected chi connectivity index (χ0v) is 12.9. The number of benzene rings is 1. The van der Waals surface area contributed by atoms with Gasteiger partial charge < -0.3 is 15.4 Å². The Morgan fingerprint density at radius 1 is 1.38 bits per heavy atom. The number of anilines is 2. The van der Waals surface area contributed by atoms with Crippen LogP contribution in [0.5, 0.6) is 5.75 Å². The predicted octanol–water partition coefficient (Wildman–Crippen LogP) is 3.19. The maximum Gasteiger partial charge on any atom is 0.191 e. The van der Waals surface area contributed by atoms with E-state index < -0.39 is 0 Å². The molecule has 1 aliphatic heterocycles. The molecule has 0 radical (unpaired) electrons. The number of rotatable bonds is 3. The zero-order chi connectivity index (χ0) is 15.0. The van der Waals surface area contributed by atoms with Gasteiger partial charge in [-0.25, -0.2) is 0 Å². The number of nitrogen functional groups attached to an aromatic ring is 1. The summed E-state index contributed by atoms with van der Waals surface area (Å²) in [7, 11) is 0. The summed E-state index contributed by atoms with van der Waals surface area (Å²) in [5.74, 6) is 0.849. The van der Waals surface area contributed by atoms with Gasteiger partial charge in [-0.2, -0.15) is 0 Å². The maximum absolute atomic E-state index is 12.4. The Labute approximate surface area is 128 Å². The number of carbonyl (C=O) groups excluding carboxylic acids is 1. The zero-order valence-electron chi connectivity index (χ0n) is 12.1. The van der Waals surface area contributed by atoms with Crippen LogP contribution >= 0.6 is 11.3 Å². The van der Waals surface area contributed by atoms with Crippen molar-refractivity contribution in [3.05, 3.63) is 40.6 Å². The van der Waals surface area contributed by atoms with E-state index in [1.54, 1.807) is 0 Å². The Balaban J connectivity index is 1.93. The maximum atomic E-state index is 12.4. The Bertz CT molecular complexity index is 665. The number of carbonyl (C=O) groups is 1. The van der Waals surface area contributed by atoms with Gasteiger partial charge in [0, 0.05) is 0 Å². The second-order valence-corrected chi connectivity index (χ2v) is 6.76. The van der Waals surface area contributed by atoms with E-state index >= 15 is 0 Å². The SMILES string of the molecule is CC1(C)CN(CC(=O)c2cccs2)c2c(N)cccc2O1. The van der Waals surface area contributed by atoms with Gasteiger partial charge in [-0.3, -0.25) is 4.79 Å². The highest BCUT2D eigenvalue weighted by Crippen LogP contribution is 2.40. The van der Waals surface area contributed by atoms with Crippen molar-refractivity contribution in [3.8, 4) is 5.75 Å². The van der Waals surface area contributed by atoms with Crippen LogP contribution in [0.2, 0.25) is 0 Å². The van der Waals surface area contributed by atoms with E-state index in [9.17, 15) is 4.79 Å². The third kappa shape index (κ3) is 2.74. The lowest BCUT2D eigenvalue weighted by atomic mass is 10.0. The van der Waals surface area contributed by atoms with Crippen LogP contribution in [-0.2, 0) is 0 Å². The monoisotopic (exact) mass is 302 g/mol. The van der Waals surface area contributed by atoms with Gasteiger partial charge in [-0.05, 0) is 37.4 Å². The number of nitrogens with two attached hydrogens (primary N) is 1. The fourth-order valence-corrected chi connectivity index (χ4v) is 3.31. The third-order valence-corrected chi connectivity index (χ3v) is 4.35. The van der Waals surface area contributed by atoms with Crippen molar-refractivity contribution in [2.75, 3.05) is 23.7 Å². The van der Waals surface area contributed by atoms with Crippen LogP contribution in [0.1, 0.15) is 23.5 Å². The number of hydrogen-bond acceptors (Lipinski definition) is 5. The summed E-state index contributed by atoms with van der Waals surface area (Å²) in [5.41, 5.74) is 7.20. The third-order valence-electron chi connectivity index (χ3n) is 3.43. The first-order valence-corrected chi connectivity index (χ1v) is 7.73. The molecule has 1 aromatic heterocycles. The van der Waals surface area contributed by atoms with Crippen molar-refractivity contribution in [1.82, 2.24) is 0 Å². The Morgan fingerprint density at radius 2 is 2.19 bits per heavy atom. The molecule has 3 rings (SSSR count). The van der Waals surface area contributed by atoms with E-state index in [0.29, 0.717) is 18.8 Å². The molecule has 0 spiro atoms. The highest BCUT2D eigenvalue weighted by atomic mass is 32.1. The molecule has 0 amide bonds. The van der Waals surface area contributed by atoms with Gasteiger partial charge in [0.05, 0.1) is 23.7 Å². The minimum Gasteiger partial charge on any atom is -0.484 e. The second-order valence-electron chi connectivity index (χ2n) is 5.81. The quantitative estimate of drug-likeness (QED) is 0.699. The average molecular weight is 302 g/mol. The van der Waals surface area contributed by atoms with Gasteiger partial charge in [0.15, 0.2) is 5.78 Å². The molecular weight excluding hydrogens is 284 g/mol. The standard InChI is InChI=1S/C16H18N2O2S/c1-16(2)10-18(9-12(19)14-7-4-8-21-14)15-11(17)5-3-6-13(15)20-16/h3-8H,9-10,17H2,1-2H3. The Hall–Kier alpha value is -2.01. The van der Waals surface area contributed by atoms with Gasteiger partial charge in [0.25, 0.3) is 0 Å². The molecule has 110 valence electrons. The molecule has 2 N–H and O–H groups in total. The van der Waals surface area contributed by atoms with E-state index in [-0.39, 0.29) is 11.4 Å². The number of nitrogens with zero attached hydrogens (tertiary/aromatic N) is 1. The first-order chi connectivity index (χ1) is 9.96. The first kappa shape index (κ1) is 13.9. The van der Waals surface area contributed by atoms with Crippen LogP contribution in [0.4, 0.5) is 11.4 Å². The number of ketones is 1. The molecular formula is C16H18N2O2S. The largest absolute Gasteiger partial charge is 0.484 e. The molecule has 5 heteroatoms. The van der Waals surface area contributed by atoms with Crippen LogP contribution < -0.4 is 15.4 Å². The number of Topliss-reactive ketones (excluding diaryl/α,β-unsaturated/α-hetero) is 1. The van der Waals surface area contributed by atoms with E-state index in [1.165, 1.54) is 11.3 Å². The highest BCUT2D eigenvalue weighted by Gasteiger charge is 2.33. The minimum absolute atomic E-state index is 0.108. The number of para-hydroxylation sites is 1. The van der Waals surface area contributed by atoms with E-state index in [2.05, 4.69) is 0 Å². The van der Waals surface area contributed by atoms with Crippen LogP contribution in [0.15, 0.2) is 35.7 Å². The van der Waals surface area contributed by atoms with Crippen LogP contribution in [-0.4, -0.2) is 24.5 Å². The molecule has 0 aliphatic carbocycles. The smallest absolute Gasteiger partial charge is 0.191 e. The van der Waals surface area contributed by atoms with Crippen molar-refractivity contribution < 1.29 is 9.53 Å². The fourth-order valence-electron chi connectivity index (χ4n) is 2.65. The Kier molecular flexibility index (Phi) is 3.37. The molecule has 21 heavy (non-hydrogen) atoms. The molecule has 1 aliphatic rings. The molecule has 0 saturated heterocycles. The molecule has 4 nitrogen and oxygen atoms in total.